The molecule has 0 amide bonds. The van der Waals surface area contributed by atoms with Gasteiger partial charge in [-0.3, -0.25) is 4.79 Å². The normalized spacial score (nSPS) is 12.3. The average molecular weight is 259 g/mol. The van der Waals surface area contributed by atoms with Crippen LogP contribution in [0.1, 0.15) is 11.3 Å². The van der Waals surface area contributed by atoms with Crippen LogP contribution >= 0.6 is 0 Å². The Hall–Kier alpha value is -2.14. The van der Waals surface area contributed by atoms with Crippen LogP contribution in [0.5, 0.6) is 0 Å². The molecule has 0 aliphatic heterocycles. The number of imidazole rings is 1. The highest BCUT2D eigenvalue weighted by Crippen LogP contribution is 2.04. The van der Waals surface area contributed by atoms with Gasteiger partial charge in [-0.1, -0.05) is 30.3 Å². The Kier molecular flexibility index (Phi) is 4.30. The summed E-state index contributed by atoms with van der Waals surface area (Å²) in [6.45, 7) is 0.819. The lowest BCUT2D eigenvalue weighted by Gasteiger charge is -2.03. The van der Waals surface area contributed by atoms with Crippen molar-refractivity contribution in [1.82, 2.24) is 9.55 Å². The van der Waals surface area contributed by atoms with E-state index in [-0.39, 0.29) is 6.42 Å². The number of carboxylic acids is 1. The summed E-state index contributed by atoms with van der Waals surface area (Å²) in [5.74, 6) is -1.00. The monoisotopic (exact) mass is 259 g/mol. The lowest BCUT2D eigenvalue weighted by atomic mass is 10.1. The van der Waals surface area contributed by atoms with Gasteiger partial charge in [0.1, 0.15) is 6.04 Å². The number of carbonyl (C=O) groups is 1. The van der Waals surface area contributed by atoms with Crippen molar-refractivity contribution in [2.24, 2.45) is 5.73 Å². The van der Waals surface area contributed by atoms with Crippen molar-refractivity contribution in [3.8, 4) is 0 Å². The lowest BCUT2D eigenvalue weighted by Crippen LogP contribution is -2.32. The van der Waals surface area contributed by atoms with Crippen LogP contribution in [0.2, 0.25) is 0 Å². The van der Waals surface area contributed by atoms with Crippen LogP contribution in [0.15, 0.2) is 42.9 Å². The minimum Gasteiger partial charge on any atom is -0.480 e. The van der Waals surface area contributed by atoms with Gasteiger partial charge in [-0.25, -0.2) is 4.98 Å². The van der Waals surface area contributed by atoms with Crippen molar-refractivity contribution in [3.63, 3.8) is 0 Å². The van der Waals surface area contributed by atoms with Gasteiger partial charge in [0.15, 0.2) is 0 Å². The van der Waals surface area contributed by atoms with Crippen molar-refractivity contribution < 1.29 is 9.90 Å². The molecule has 3 N–H and O–H groups in total. The number of aliphatic carboxylic acids is 1. The first kappa shape index (κ1) is 13.3. The van der Waals surface area contributed by atoms with Gasteiger partial charge in [-0.15, -0.1) is 0 Å². The fourth-order valence-corrected chi connectivity index (χ4v) is 1.85. The number of benzene rings is 1. The van der Waals surface area contributed by atoms with Crippen molar-refractivity contribution in [1.29, 1.82) is 0 Å². The first-order chi connectivity index (χ1) is 9.15. The van der Waals surface area contributed by atoms with Crippen LogP contribution in [0.4, 0.5) is 0 Å². The maximum atomic E-state index is 10.7. The van der Waals surface area contributed by atoms with E-state index < -0.39 is 12.0 Å². The predicted octanol–water partition coefficient (Wildman–Crippen LogP) is 1.08. The Morgan fingerprint density at radius 3 is 2.79 bits per heavy atom. The van der Waals surface area contributed by atoms with E-state index >= 15 is 0 Å². The molecular weight excluding hydrogens is 242 g/mol. The molecule has 0 aliphatic carbocycles. The molecule has 0 aliphatic rings. The molecule has 2 aromatic rings. The molecule has 0 fully saturated rings. The number of nitrogens with two attached hydrogens (primary N) is 1. The summed E-state index contributed by atoms with van der Waals surface area (Å²) in [6.07, 6.45) is 4.74. The Balaban J connectivity index is 1.89. The van der Waals surface area contributed by atoms with Crippen molar-refractivity contribution in [3.05, 3.63) is 54.1 Å². The van der Waals surface area contributed by atoms with Gasteiger partial charge in [0.2, 0.25) is 0 Å². The summed E-state index contributed by atoms with van der Waals surface area (Å²) in [5, 5.41) is 8.74. The fourth-order valence-electron chi connectivity index (χ4n) is 1.85. The zero-order chi connectivity index (χ0) is 13.7. The molecule has 2 rings (SSSR count). The van der Waals surface area contributed by atoms with Crippen LogP contribution in [0.3, 0.4) is 0 Å². The van der Waals surface area contributed by atoms with Gasteiger partial charge in [0, 0.05) is 19.2 Å². The molecule has 0 saturated carbocycles. The van der Waals surface area contributed by atoms with Crippen LogP contribution in [-0.4, -0.2) is 26.7 Å². The summed E-state index contributed by atoms with van der Waals surface area (Å²) in [4.78, 5) is 14.8. The molecule has 0 saturated heterocycles. The minimum atomic E-state index is -1.00. The third-order valence-electron chi connectivity index (χ3n) is 2.93. The molecule has 1 heterocycles. The van der Waals surface area contributed by atoms with Crippen molar-refractivity contribution in [2.75, 3.05) is 0 Å². The van der Waals surface area contributed by atoms with Gasteiger partial charge in [0.05, 0.1) is 12.0 Å². The highest BCUT2D eigenvalue weighted by atomic mass is 16.4. The second-order valence-corrected chi connectivity index (χ2v) is 4.49. The zero-order valence-corrected chi connectivity index (χ0v) is 10.6. The predicted molar refractivity (Wildman–Crippen MR) is 71.7 cm³/mol. The Bertz CT molecular complexity index is 537. The standard InChI is InChI=1S/C14H17N3O2/c15-13(14(18)19)8-12-9-17(10-16-12)7-6-11-4-2-1-3-5-11/h1-5,9-10,13H,6-8,15H2,(H,18,19)/t13-/m0/s1. The van der Waals surface area contributed by atoms with Crippen LogP contribution in [-0.2, 0) is 24.2 Å². The van der Waals surface area contributed by atoms with E-state index in [0.29, 0.717) is 5.69 Å². The number of hydrogen-bond donors (Lipinski definition) is 2. The maximum Gasteiger partial charge on any atom is 0.320 e. The van der Waals surface area contributed by atoms with E-state index in [1.54, 1.807) is 6.33 Å². The second kappa shape index (κ2) is 6.15. The van der Waals surface area contributed by atoms with E-state index in [2.05, 4.69) is 17.1 Å². The molecule has 5 heteroatoms. The lowest BCUT2D eigenvalue weighted by molar-refractivity contribution is -0.138. The number of carboxylic acid groups (broad SMARTS) is 1. The first-order valence-electron chi connectivity index (χ1n) is 6.18. The summed E-state index contributed by atoms with van der Waals surface area (Å²) < 4.78 is 1.96. The van der Waals surface area contributed by atoms with Crippen LogP contribution < -0.4 is 5.73 Å². The number of aromatic nitrogens is 2. The number of rotatable bonds is 6. The van der Waals surface area contributed by atoms with Gasteiger partial charge >= 0.3 is 5.97 Å². The number of aryl methyl sites for hydroxylation is 2. The van der Waals surface area contributed by atoms with Crippen molar-refractivity contribution in [2.45, 2.75) is 25.4 Å². The summed E-state index contributed by atoms with van der Waals surface area (Å²) in [6, 6.07) is 9.29. The molecule has 19 heavy (non-hydrogen) atoms. The smallest absolute Gasteiger partial charge is 0.320 e. The fraction of sp³-hybridized carbons (Fsp3) is 0.286. The van der Waals surface area contributed by atoms with Crippen molar-refractivity contribution >= 4 is 5.97 Å². The zero-order valence-electron chi connectivity index (χ0n) is 10.6. The Morgan fingerprint density at radius 1 is 1.37 bits per heavy atom. The third kappa shape index (κ3) is 3.93. The molecule has 0 unspecified atom stereocenters. The third-order valence-corrected chi connectivity index (χ3v) is 2.93. The van der Waals surface area contributed by atoms with E-state index in [1.807, 2.05) is 29.0 Å². The largest absolute Gasteiger partial charge is 0.480 e. The average Bonchev–Trinajstić information content (AvgIpc) is 2.85. The van der Waals surface area contributed by atoms with E-state index in [0.717, 1.165) is 13.0 Å². The number of hydrogen-bond acceptors (Lipinski definition) is 3. The summed E-state index contributed by atoms with van der Waals surface area (Å²) >= 11 is 0. The minimum absolute atomic E-state index is 0.258. The molecule has 1 atom stereocenters. The van der Waals surface area contributed by atoms with Crippen LogP contribution in [0.25, 0.3) is 0 Å². The quantitative estimate of drug-likeness (QED) is 0.813. The Labute approximate surface area is 111 Å². The first-order valence-corrected chi connectivity index (χ1v) is 6.18. The van der Waals surface area contributed by atoms with E-state index in [4.69, 9.17) is 10.8 Å². The second-order valence-electron chi connectivity index (χ2n) is 4.49. The molecule has 100 valence electrons. The maximum absolute atomic E-state index is 10.7. The Morgan fingerprint density at radius 2 is 2.11 bits per heavy atom. The van der Waals surface area contributed by atoms with Gasteiger partial charge in [0.25, 0.3) is 0 Å². The van der Waals surface area contributed by atoms with E-state index in [1.165, 1.54) is 5.56 Å². The molecular formula is C14H17N3O2. The highest BCUT2D eigenvalue weighted by Gasteiger charge is 2.13. The molecule has 0 spiro atoms. The SMILES string of the molecule is N[C@@H](Cc1cn(CCc2ccccc2)cn1)C(=O)O. The van der Waals surface area contributed by atoms with Gasteiger partial charge < -0.3 is 15.4 Å². The molecule has 1 aromatic carbocycles. The molecule has 0 bridgehead atoms. The summed E-state index contributed by atoms with van der Waals surface area (Å²) in [5.41, 5.74) is 7.45. The number of nitrogens with zero attached hydrogens (tertiary/aromatic N) is 2. The van der Waals surface area contributed by atoms with Crippen LogP contribution in [0, 0.1) is 0 Å². The summed E-state index contributed by atoms with van der Waals surface area (Å²) in [7, 11) is 0. The highest BCUT2D eigenvalue weighted by molar-refractivity contribution is 5.73. The van der Waals surface area contributed by atoms with Gasteiger partial charge in [-0.05, 0) is 12.0 Å². The topological polar surface area (TPSA) is 81.1 Å². The molecule has 5 nitrogen and oxygen atoms in total. The van der Waals surface area contributed by atoms with Gasteiger partial charge in [-0.2, -0.15) is 0 Å². The molecule has 1 aromatic heterocycles. The van der Waals surface area contributed by atoms with E-state index in [9.17, 15) is 4.79 Å². The molecule has 0 radical (unpaired) electrons.